The number of rotatable bonds is 7. The van der Waals surface area contributed by atoms with Gasteiger partial charge in [-0.05, 0) is 29.3 Å². The maximum atomic E-state index is 11.5. The molecule has 0 aliphatic carbocycles. The molecule has 0 saturated heterocycles. The average Bonchev–Trinajstić information content (AvgIpc) is 2.96. The monoisotopic (exact) mass is 355 g/mol. The fourth-order valence-corrected chi connectivity index (χ4v) is 3.51. The van der Waals surface area contributed by atoms with Crippen molar-refractivity contribution in [2.45, 2.75) is 0 Å². The van der Waals surface area contributed by atoms with Crippen LogP contribution in [0.1, 0.15) is 10.4 Å². The first-order valence-electron chi connectivity index (χ1n) is 7.24. The molecule has 0 fully saturated rings. The van der Waals surface area contributed by atoms with Crippen LogP contribution in [-0.4, -0.2) is 11.8 Å². The third-order valence-electron chi connectivity index (χ3n) is 3.43. The third kappa shape index (κ3) is 3.75. The third-order valence-corrected chi connectivity index (χ3v) is 4.92. The first-order valence-corrected chi connectivity index (χ1v) is 8.59. The zero-order valence-corrected chi connectivity index (χ0v) is 14.8. The van der Waals surface area contributed by atoms with E-state index in [-0.39, 0.29) is 11.8 Å². The predicted octanol–water partition coefficient (Wildman–Crippen LogP) is 6.03. The van der Waals surface area contributed by atoms with Gasteiger partial charge >= 0.3 is 0 Å². The number of thiophene rings is 1. The number of allylic oxidation sites excluding steroid dienone is 5. The van der Waals surface area contributed by atoms with Crippen molar-refractivity contribution < 1.29 is 4.79 Å². The second-order valence-corrected chi connectivity index (χ2v) is 6.36. The number of benzene rings is 1. The molecular formula is C20H18ClNOS. The summed E-state index contributed by atoms with van der Waals surface area (Å²) >= 11 is 7.16. The number of anilines is 1. The molecule has 1 aromatic carbocycles. The SMILES string of the molecule is C=CC=CC(=C)C(=C)c1sc2ccc(NC(=O)CCl)cc2c1C=C. The molecule has 2 nitrogen and oxygen atoms in total. The Hall–Kier alpha value is -2.36. The largest absolute Gasteiger partial charge is 0.325 e. The van der Waals surface area contributed by atoms with E-state index in [9.17, 15) is 4.79 Å². The second kappa shape index (κ2) is 7.95. The summed E-state index contributed by atoms with van der Waals surface area (Å²) in [5, 5.41) is 3.77. The van der Waals surface area contributed by atoms with Crippen molar-refractivity contribution in [3.05, 3.63) is 78.8 Å². The lowest BCUT2D eigenvalue weighted by molar-refractivity contribution is -0.113. The second-order valence-electron chi connectivity index (χ2n) is 5.04. The summed E-state index contributed by atoms with van der Waals surface area (Å²) in [6.07, 6.45) is 7.20. The minimum Gasteiger partial charge on any atom is -0.325 e. The average molecular weight is 356 g/mol. The first-order chi connectivity index (χ1) is 11.5. The van der Waals surface area contributed by atoms with Crippen molar-refractivity contribution in [1.82, 2.24) is 0 Å². The molecule has 0 aliphatic rings. The number of alkyl halides is 1. The highest BCUT2D eigenvalue weighted by atomic mass is 35.5. The Balaban J connectivity index is 2.49. The van der Waals surface area contributed by atoms with Crippen LogP contribution in [0.15, 0.2) is 68.3 Å². The molecule has 0 bridgehead atoms. The number of halogens is 1. The van der Waals surface area contributed by atoms with Crippen LogP contribution in [0.2, 0.25) is 0 Å². The van der Waals surface area contributed by atoms with Gasteiger partial charge in [-0.1, -0.05) is 50.6 Å². The van der Waals surface area contributed by atoms with Crippen LogP contribution >= 0.6 is 22.9 Å². The molecule has 2 rings (SSSR count). The minimum absolute atomic E-state index is 0.0759. The maximum Gasteiger partial charge on any atom is 0.239 e. The van der Waals surface area contributed by atoms with E-state index in [1.807, 2.05) is 30.4 Å². The standard InChI is InChI=1S/C20H18ClNOS/c1-5-7-8-13(3)14(4)20-16(6-2)17-11-15(22-19(23)12-21)9-10-18(17)24-20/h5-11H,1-4,12H2,(H,22,23). The molecule has 0 saturated carbocycles. The Labute approximate surface area is 151 Å². The van der Waals surface area contributed by atoms with E-state index in [2.05, 4.69) is 31.6 Å². The highest BCUT2D eigenvalue weighted by molar-refractivity contribution is 7.20. The number of carbonyl (C=O) groups excluding carboxylic acids is 1. The van der Waals surface area contributed by atoms with Gasteiger partial charge < -0.3 is 5.32 Å². The fraction of sp³-hybridized carbons (Fsp3) is 0.0500. The molecule has 1 aromatic heterocycles. The van der Waals surface area contributed by atoms with Crippen LogP contribution in [-0.2, 0) is 4.79 Å². The maximum absolute atomic E-state index is 11.5. The Kier molecular flexibility index (Phi) is 5.96. The van der Waals surface area contributed by atoms with Crippen LogP contribution in [0.4, 0.5) is 5.69 Å². The van der Waals surface area contributed by atoms with Crippen molar-refractivity contribution in [2.24, 2.45) is 0 Å². The van der Waals surface area contributed by atoms with E-state index in [1.54, 1.807) is 23.5 Å². The summed E-state index contributed by atoms with van der Waals surface area (Å²) in [4.78, 5) is 12.5. The first kappa shape index (κ1) is 18.0. The Morgan fingerprint density at radius 3 is 2.67 bits per heavy atom. The van der Waals surface area contributed by atoms with Crippen LogP contribution in [0.5, 0.6) is 0 Å². The lowest BCUT2D eigenvalue weighted by Gasteiger charge is -2.05. The highest BCUT2D eigenvalue weighted by Crippen LogP contribution is 2.39. The molecule has 2 aromatic rings. The number of nitrogens with one attached hydrogen (secondary N) is 1. The van der Waals surface area contributed by atoms with Gasteiger partial charge in [-0.15, -0.1) is 22.9 Å². The van der Waals surface area contributed by atoms with Crippen LogP contribution < -0.4 is 5.32 Å². The normalized spacial score (nSPS) is 10.7. The molecule has 122 valence electrons. The number of hydrogen-bond acceptors (Lipinski definition) is 2. The van der Waals surface area contributed by atoms with Crippen LogP contribution in [0.25, 0.3) is 21.7 Å². The van der Waals surface area contributed by atoms with Crippen molar-refractivity contribution in [3.63, 3.8) is 0 Å². The molecule has 0 unspecified atom stereocenters. The topological polar surface area (TPSA) is 29.1 Å². The van der Waals surface area contributed by atoms with Crippen molar-refractivity contribution in [3.8, 4) is 0 Å². The van der Waals surface area contributed by atoms with Gasteiger partial charge in [-0.3, -0.25) is 4.79 Å². The summed E-state index contributed by atoms with van der Waals surface area (Å²) in [6.45, 7) is 15.8. The van der Waals surface area contributed by atoms with Crippen molar-refractivity contribution in [2.75, 3.05) is 11.2 Å². The van der Waals surface area contributed by atoms with Gasteiger partial charge in [-0.2, -0.15) is 0 Å². The molecule has 4 heteroatoms. The number of carbonyl (C=O) groups is 1. The summed E-state index contributed by atoms with van der Waals surface area (Å²) in [5.41, 5.74) is 3.35. The lowest BCUT2D eigenvalue weighted by Crippen LogP contribution is -2.12. The zero-order chi connectivity index (χ0) is 17.7. The fourth-order valence-electron chi connectivity index (χ4n) is 2.25. The molecular weight excluding hydrogens is 338 g/mol. The van der Waals surface area contributed by atoms with Gasteiger partial charge in [0, 0.05) is 26.2 Å². The molecule has 24 heavy (non-hydrogen) atoms. The zero-order valence-electron chi connectivity index (χ0n) is 13.3. The number of fused-ring (bicyclic) bond motifs is 1. The summed E-state index contributed by atoms with van der Waals surface area (Å²) in [7, 11) is 0. The summed E-state index contributed by atoms with van der Waals surface area (Å²) < 4.78 is 1.09. The molecule has 0 radical (unpaired) electrons. The van der Waals surface area contributed by atoms with Gasteiger partial charge in [0.25, 0.3) is 0 Å². The number of hydrogen-bond donors (Lipinski definition) is 1. The summed E-state index contributed by atoms with van der Waals surface area (Å²) in [6, 6.07) is 5.75. The predicted molar refractivity (Wildman–Crippen MR) is 109 cm³/mol. The summed E-state index contributed by atoms with van der Waals surface area (Å²) in [5.74, 6) is -0.313. The van der Waals surface area contributed by atoms with E-state index in [0.29, 0.717) is 5.69 Å². The highest BCUT2D eigenvalue weighted by Gasteiger charge is 2.14. The van der Waals surface area contributed by atoms with E-state index >= 15 is 0 Å². The van der Waals surface area contributed by atoms with Gasteiger partial charge in [-0.25, -0.2) is 0 Å². The van der Waals surface area contributed by atoms with Gasteiger partial charge in [0.2, 0.25) is 5.91 Å². The number of amides is 1. The van der Waals surface area contributed by atoms with E-state index in [1.165, 1.54) is 0 Å². The van der Waals surface area contributed by atoms with E-state index in [4.69, 9.17) is 11.6 Å². The van der Waals surface area contributed by atoms with Crippen molar-refractivity contribution >= 4 is 56.3 Å². The molecule has 1 heterocycles. The van der Waals surface area contributed by atoms with E-state index in [0.717, 1.165) is 31.7 Å². The molecule has 1 amide bonds. The molecule has 0 atom stereocenters. The molecule has 0 spiro atoms. The van der Waals surface area contributed by atoms with Crippen LogP contribution in [0, 0.1) is 0 Å². The smallest absolute Gasteiger partial charge is 0.239 e. The minimum atomic E-state index is -0.237. The molecule has 1 N–H and O–H groups in total. The Bertz CT molecular complexity index is 873. The quantitative estimate of drug-likeness (QED) is 0.476. The Morgan fingerprint density at radius 2 is 2.04 bits per heavy atom. The van der Waals surface area contributed by atoms with Crippen molar-refractivity contribution in [1.29, 1.82) is 0 Å². The van der Waals surface area contributed by atoms with E-state index < -0.39 is 0 Å². The van der Waals surface area contributed by atoms with Gasteiger partial charge in [0.05, 0.1) is 0 Å². The lowest BCUT2D eigenvalue weighted by atomic mass is 10.0. The van der Waals surface area contributed by atoms with Crippen LogP contribution in [0.3, 0.4) is 0 Å². The Morgan fingerprint density at radius 1 is 1.29 bits per heavy atom. The molecule has 0 aliphatic heterocycles. The van der Waals surface area contributed by atoms with Gasteiger partial charge in [0.15, 0.2) is 0 Å². The van der Waals surface area contributed by atoms with Gasteiger partial charge in [0.1, 0.15) is 5.88 Å².